The van der Waals surface area contributed by atoms with Gasteiger partial charge in [-0.2, -0.15) is 0 Å². The van der Waals surface area contributed by atoms with Crippen molar-refractivity contribution in [1.82, 2.24) is 14.7 Å². The Labute approximate surface area is 109 Å². The number of hydrogen-bond acceptors (Lipinski definition) is 3. The Kier molecular flexibility index (Phi) is 4.22. The Hall–Kier alpha value is -1.10. The molecule has 0 unspecified atom stereocenters. The van der Waals surface area contributed by atoms with Gasteiger partial charge in [-0.25, -0.2) is 0 Å². The van der Waals surface area contributed by atoms with Gasteiger partial charge in [-0.15, -0.1) is 0 Å². The van der Waals surface area contributed by atoms with Crippen molar-refractivity contribution in [3.63, 3.8) is 0 Å². The van der Waals surface area contributed by atoms with Crippen molar-refractivity contribution in [2.75, 3.05) is 46.3 Å². The molecule has 0 saturated carbocycles. The van der Waals surface area contributed by atoms with E-state index in [1.54, 1.807) is 6.92 Å². The van der Waals surface area contributed by atoms with Gasteiger partial charge in [0.15, 0.2) is 0 Å². The second kappa shape index (κ2) is 5.69. The molecule has 102 valence electrons. The minimum Gasteiger partial charge on any atom is -0.339 e. The van der Waals surface area contributed by atoms with Crippen molar-refractivity contribution in [2.24, 2.45) is 5.92 Å². The molecule has 0 aromatic rings. The maximum absolute atomic E-state index is 12.3. The van der Waals surface area contributed by atoms with Crippen LogP contribution in [0.4, 0.5) is 0 Å². The van der Waals surface area contributed by atoms with Crippen LogP contribution in [0.3, 0.4) is 0 Å². The normalized spacial score (nSPS) is 23.2. The summed E-state index contributed by atoms with van der Waals surface area (Å²) in [7, 11) is 2.10. The SMILES string of the molecule is CC(=O)N1CCN(C(=O)C2CCN(C)CC2)CC1. The van der Waals surface area contributed by atoms with Crippen molar-refractivity contribution in [3.05, 3.63) is 0 Å². The maximum Gasteiger partial charge on any atom is 0.225 e. The number of hydrogen-bond donors (Lipinski definition) is 0. The van der Waals surface area contributed by atoms with Crippen LogP contribution in [0.1, 0.15) is 19.8 Å². The molecule has 0 atom stereocenters. The summed E-state index contributed by atoms with van der Waals surface area (Å²) in [5.41, 5.74) is 0. The number of rotatable bonds is 1. The molecular weight excluding hydrogens is 230 g/mol. The number of piperazine rings is 1. The van der Waals surface area contributed by atoms with Gasteiger partial charge >= 0.3 is 0 Å². The lowest BCUT2D eigenvalue weighted by Gasteiger charge is -2.37. The van der Waals surface area contributed by atoms with Crippen LogP contribution in [0, 0.1) is 5.92 Å². The minimum atomic E-state index is 0.112. The molecular formula is C13H23N3O2. The largest absolute Gasteiger partial charge is 0.339 e. The predicted molar refractivity (Wildman–Crippen MR) is 69.1 cm³/mol. The van der Waals surface area contributed by atoms with Crippen LogP contribution in [0.15, 0.2) is 0 Å². The summed E-state index contributed by atoms with van der Waals surface area (Å²) >= 11 is 0. The van der Waals surface area contributed by atoms with Gasteiger partial charge in [-0.1, -0.05) is 0 Å². The zero-order valence-electron chi connectivity index (χ0n) is 11.4. The highest BCUT2D eigenvalue weighted by Gasteiger charge is 2.29. The zero-order valence-corrected chi connectivity index (χ0v) is 11.4. The lowest BCUT2D eigenvalue weighted by molar-refractivity contribution is -0.142. The topological polar surface area (TPSA) is 43.9 Å². The van der Waals surface area contributed by atoms with E-state index in [1.165, 1.54) is 0 Å². The first kappa shape index (κ1) is 13.3. The highest BCUT2D eigenvalue weighted by molar-refractivity contribution is 5.79. The van der Waals surface area contributed by atoms with Crippen LogP contribution in [0.2, 0.25) is 0 Å². The molecule has 0 radical (unpaired) electrons. The molecule has 0 bridgehead atoms. The monoisotopic (exact) mass is 253 g/mol. The van der Waals surface area contributed by atoms with Gasteiger partial charge in [0.2, 0.25) is 11.8 Å². The molecule has 0 N–H and O–H groups in total. The smallest absolute Gasteiger partial charge is 0.225 e. The standard InChI is InChI=1S/C13H23N3O2/c1-11(17)15-7-9-16(10-8-15)13(18)12-3-5-14(2)6-4-12/h12H,3-10H2,1-2H3. The third-order valence-electron chi connectivity index (χ3n) is 4.10. The van der Waals surface area contributed by atoms with Gasteiger partial charge in [0, 0.05) is 39.0 Å². The van der Waals surface area contributed by atoms with E-state index >= 15 is 0 Å². The average molecular weight is 253 g/mol. The fraction of sp³-hybridized carbons (Fsp3) is 0.846. The number of carbonyl (C=O) groups excluding carboxylic acids is 2. The van der Waals surface area contributed by atoms with Crippen molar-refractivity contribution in [2.45, 2.75) is 19.8 Å². The molecule has 5 heteroatoms. The van der Waals surface area contributed by atoms with Crippen LogP contribution in [-0.2, 0) is 9.59 Å². The lowest BCUT2D eigenvalue weighted by atomic mass is 9.95. The van der Waals surface area contributed by atoms with E-state index < -0.39 is 0 Å². The van der Waals surface area contributed by atoms with Crippen LogP contribution in [0.25, 0.3) is 0 Å². The van der Waals surface area contributed by atoms with E-state index in [1.807, 2.05) is 9.80 Å². The first-order chi connectivity index (χ1) is 8.58. The summed E-state index contributed by atoms with van der Waals surface area (Å²) in [6.07, 6.45) is 1.95. The molecule has 2 aliphatic heterocycles. The Bertz CT molecular complexity index is 316. The first-order valence-electron chi connectivity index (χ1n) is 6.81. The molecule has 2 fully saturated rings. The molecule has 5 nitrogen and oxygen atoms in total. The third-order valence-corrected chi connectivity index (χ3v) is 4.10. The van der Waals surface area contributed by atoms with E-state index in [0.717, 1.165) is 25.9 Å². The molecule has 2 amide bonds. The summed E-state index contributed by atoms with van der Waals surface area (Å²) in [6, 6.07) is 0. The van der Waals surface area contributed by atoms with E-state index in [-0.39, 0.29) is 11.8 Å². The van der Waals surface area contributed by atoms with Crippen molar-refractivity contribution in [1.29, 1.82) is 0 Å². The molecule has 0 aromatic heterocycles. The van der Waals surface area contributed by atoms with Gasteiger partial charge in [0.1, 0.15) is 0 Å². The summed E-state index contributed by atoms with van der Waals surface area (Å²) in [5.74, 6) is 0.609. The van der Waals surface area contributed by atoms with Crippen LogP contribution < -0.4 is 0 Å². The average Bonchev–Trinajstić information content (AvgIpc) is 2.39. The van der Waals surface area contributed by atoms with Crippen LogP contribution in [0.5, 0.6) is 0 Å². The summed E-state index contributed by atoms with van der Waals surface area (Å²) < 4.78 is 0. The summed E-state index contributed by atoms with van der Waals surface area (Å²) in [4.78, 5) is 29.6. The van der Waals surface area contributed by atoms with Crippen molar-refractivity contribution in [3.8, 4) is 0 Å². The molecule has 2 aliphatic rings. The van der Waals surface area contributed by atoms with E-state index in [9.17, 15) is 9.59 Å². The third kappa shape index (κ3) is 3.02. The molecule has 2 saturated heterocycles. The molecule has 18 heavy (non-hydrogen) atoms. The van der Waals surface area contributed by atoms with E-state index in [4.69, 9.17) is 0 Å². The number of nitrogens with zero attached hydrogens (tertiary/aromatic N) is 3. The second-order valence-electron chi connectivity index (χ2n) is 5.41. The van der Waals surface area contributed by atoms with Crippen LogP contribution in [-0.4, -0.2) is 72.8 Å². The molecule has 2 rings (SSSR count). The van der Waals surface area contributed by atoms with Gasteiger partial charge in [0.05, 0.1) is 0 Å². The van der Waals surface area contributed by atoms with Gasteiger partial charge in [-0.05, 0) is 33.0 Å². The first-order valence-corrected chi connectivity index (χ1v) is 6.81. The van der Waals surface area contributed by atoms with Crippen molar-refractivity contribution < 1.29 is 9.59 Å². The molecule has 2 heterocycles. The van der Waals surface area contributed by atoms with E-state index in [2.05, 4.69) is 11.9 Å². The minimum absolute atomic E-state index is 0.112. The second-order valence-corrected chi connectivity index (χ2v) is 5.41. The fourth-order valence-electron chi connectivity index (χ4n) is 2.76. The van der Waals surface area contributed by atoms with Gasteiger partial charge < -0.3 is 14.7 Å². The molecule has 0 aromatic carbocycles. The van der Waals surface area contributed by atoms with Crippen molar-refractivity contribution >= 4 is 11.8 Å². The van der Waals surface area contributed by atoms with Gasteiger partial charge in [-0.3, -0.25) is 9.59 Å². The number of likely N-dealkylation sites (tertiary alicyclic amines) is 1. The maximum atomic E-state index is 12.3. The fourth-order valence-corrected chi connectivity index (χ4v) is 2.76. The number of amides is 2. The highest BCUT2D eigenvalue weighted by atomic mass is 16.2. The Morgan fingerprint density at radius 3 is 1.89 bits per heavy atom. The Morgan fingerprint density at radius 2 is 1.39 bits per heavy atom. The predicted octanol–water partition coefficient (Wildman–Crippen LogP) is 0.0189. The lowest BCUT2D eigenvalue weighted by Crippen LogP contribution is -2.52. The number of carbonyl (C=O) groups is 2. The Morgan fingerprint density at radius 1 is 0.889 bits per heavy atom. The molecule has 0 spiro atoms. The zero-order chi connectivity index (χ0) is 13.1. The number of piperidine rings is 1. The van der Waals surface area contributed by atoms with Crippen LogP contribution >= 0.6 is 0 Å². The highest BCUT2D eigenvalue weighted by Crippen LogP contribution is 2.19. The quantitative estimate of drug-likeness (QED) is 0.662. The van der Waals surface area contributed by atoms with Gasteiger partial charge in [0.25, 0.3) is 0 Å². The molecule has 0 aliphatic carbocycles. The summed E-state index contributed by atoms with van der Waals surface area (Å²) in [6.45, 7) is 6.40. The van der Waals surface area contributed by atoms with E-state index in [0.29, 0.717) is 32.1 Å². The summed E-state index contributed by atoms with van der Waals surface area (Å²) in [5, 5.41) is 0. The Balaban J connectivity index is 1.82.